The summed E-state index contributed by atoms with van der Waals surface area (Å²) in [6.45, 7) is 0. The van der Waals surface area contributed by atoms with E-state index in [-0.39, 0.29) is 0 Å². The Labute approximate surface area is 101 Å². The topological polar surface area (TPSA) is 43.3 Å². The number of thiazole rings is 1. The number of benzene rings is 1. The molecule has 0 aliphatic carbocycles. The summed E-state index contributed by atoms with van der Waals surface area (Å²) in [7, 11) is 0. The minimum atomic E-state index is 0.515. The molecule has 3 rings (SSSR count). The monoisotopic (exact) mass is 249 g/mol. The Morgan fingerprint density at radius 3 is 2.75 bits per heavy atom. The summed E-state index contributed by atoms with van der Waals surface area (Å²) >= 11 is 7.48. The van der Waals surface area contributed by atoms with Crippen LogP contribution in [0.4, 0.5) is 5.95 Å². The third-order valence-electron chi connectivity index (χ3n) is 2.43. The zero-order chi connectivity index (χ0) is 11.1. The van der Waals surface area contributed by atoms with Crippen LogP contribution in [-0.2, 0) is 0 Å². The van der Waals surface area contributed by atoms with Gasteiger partial charge in [0.1, 0.15) is 4.83 Å². The maximum absolute atomic E-state index is 5.86. The van der Waals surface area contributed by atoms with Gasteiger partial charge in [0.15, 0.2) is 0 Å². The zero-order valence-electron chi connectivity index (χ0n) is 8.22. The van der Waals surface area contributed by atoms with Crippen molar-refractivity contribution in [3.63, 3.8) is 0 Å². The van der Waals surface area contributed by atoms with Crippen molar-refractivity contribution < 1.29 is 0 Å². The lowest BCUT2D eigenvalue weighted by Crippen LogP contribution is -1.94. The third-order valence-corrected chi connectivity index (χ3v) is 3.55. The molecule has 0 unspecified atom stereocenters. The highest BCUT2D eigenvalue weighted by atomic mass is 35.5. The van der Waals surface area contributed by atoms with E-state index in [4.69, 9.17) is 17.3 Å². The molecule has 2 N–H and O–H groups in total. The molecule has 0 aliphatic heterocycles. The Kier molecular flexibility index (Phi) is 2.12. The molecule has 3 nitrogen and oxygen atoms in total. The van der Waals surface area contributed by atoms with Gasteiger partial charge in [-0.05, 0) is 17.7 Å². The summed E-state index contributed by atoms with van der Waals surface area (Å²) in [4.78, 5) is 5.13. The van der Waals surface area contributed by atoms with Crippen molar-refractivity contribution in [2.45, 2.75) is 0 Å². The molecule has 0 spiro atoms. The first-order chi connectivity index (χ1) is 7.75. The molecule has 0 amide bonds. The van der Waals surface area contributed by atoms with Gasteiger partial charge < -0.3 is 5.73 Å². The van der Waals surface area contributed by atoms with Crippen LogP contribution in [0.1, 0.15) is 0 Å². The standard InChI is InChI=1S/C11H8ClN3S/c12-8-3-1-7(2-4-8)9-6-16-10-5-14-11(13)15(9)10/h1-6H,(H2,13,14). The van der Waals surface area contributed by atoms with E-state index in [1.54, 1.807) is 17.5 Å². The van der Waals surface area contributed by atoms with Crippen LogP contribution in [0.5, 0.6) is 0 Å². The van der Waals surface area contributed by atoms with E-state index < -0.39 is 0 Å². The van der Waals surface area contributed by atoms with Gasteiger partial charge in [0.05, 0.1) is 11.9 Å². The van der Waals surface area contributed by atoms with Gasteiger partial charge in [-0.1, -0.05) is 23.7 Å². The Balaban J connectivity index is 2.25. The van der Waals surface area contributed by atoms with E-state index in [1.807, 2.05) is 28.7 Å². The first-order valence-electron chi connectivity index (χ1n) is 4.72. The molecule has 0 radical (unpaired) electrons. The molecule has 16 heavy (non-hydrogen) atoms. The summed E-state index contributed by atoms with van der Waals surface area (Å²) in [6, 6.07) is 7.69. The number of aromatic nitrogens is 2. The molecule has 0 bridgehead atoms. The van der Waals surface area contributed by atoms with Crippen molar-refractivity contribution in [3.8, 4) is 11.3 Å². The molecule has 1 aromatic carbocycles. The fourth-order valence-electron chi connectivity index (χ4n) is 1.66. The lowest BCUT2D eigenvalue weighted by molar-refractivity contribution is 1.20. The second-order valence-electron chi connectivity index (χ2n) is 3.42. The highest BCUT2D eigenvalue weighted by Gasteiger charge is 2.09. The Bertz CT molecular complexity index is 639. The van der Waals surface area contributed by atoms with Crippen LogP contribution >= 0.6 is 22.9 Å². The van der Waals surface area contributed by atoms with Crippen molar-refractivity contribution in [2.75, 3.05) is 5.73 Å². The number of rotatable bonds is 1. The number of hydrogen-bond donors (Lipinski definition) is 1. The number of imidazole rings is 1. The predicted octanol–water partition coefficient (Wildman–Crippen LogP) is 3.30. The summed E-state index contributed by atoms with van der Waals surface area (Å²) in [5.74, 6) is 0.515. The Morgan fingerprint density at radius 2 is 2.00 bits per heavy atom. The van der Waals surface area contributed by atoms with E-state index in [0.717, 1.165) is 21.1 Å². The maximum Gasteiger partial charge on any atom is 0.206 e. The second-order valence-corrected chi connectivity index (χ2v) is 4.74. The number of nitrogens with zero attached hydrogens (tertiary/aromatic N) is 2. The summed E-state index contributed by atoms with van der Waals surface area (Å²) in [5, 5.41) is 2.80. The fraction of sp³-hybridized carbons (Fsp3) is 0. The molecular weight excluding hydrogens is 242 g/mol. The molecule has 0 saturated heterocycles. The largest absolute Gasteiger partial charge is 0.369 e. The molecule has 2 aromatic heterocycles. The van der Waals surface area contributed by atoms with Crippen LogP contribution in [0.3, 0.4) is 0 Å². The minimum Gasteiger partial charge on any atom is -0.369 e. The van der Waals surface area contributed by atoms with E-state index in [9.17, 15) is 0 Å². The number of fused-ring (bicyclic) bond motifs is 1. The lowest BCUT2D eigenvalue weighted by atomic mass is 10.2. The van der Waals surface area contributed by atoms with Crippen molar-refractivity contribution in [1.82, 2.24) is 9.38 Å². The molecule has 0 saturated carbocycles. The van der Waals surface area contributed by atoms with Crippen LogP contribution in [0.2, 0.25) is 5.02 Å². The number of nitrogen functional groups attached to an aromatic ring is 1. The molecule has 0 fully saturated rings. The van der Waals surface area contributed by atoms with Crippen LogP contribution < -0.4 is 5.73 Å². The van der Waals surface area contributed by atoms with E-state index in [0.29, 0.717) is 5.95 Å². The molecule has 3 aromatic rings. The van der Waals surface area contributed by atoms with E-state index in [2.05, 4.69) is 10.4 Å². The molecule has 80 valence electrons. The van der Waals surface area contributed by atoms with Gasteiger partial charge in [0, 0.05) is 10.4 Å². The fourth-order valence-corrected chi connectivity index (χ4v) is 2.67. The Morgan fingerprint density at radius 1 is 1.25 bits per heavy atom. The second kappa shape index (κ2) is 3.50. The van der Waals surface area contributed by atoms with Crippen molar-refractivity contribution in [3.05, 3.63) is 40.9 Å². The smallest absolute Gasteiger partial charge is 0.206 e. The van der Waals surface area contributed by atoms with Gasteiger partial charge in [-0.15, -0.1) is 11.3 Å². The van der Waals surface area contributed by atoms with E-state index >= 15 is 0 Å². The average Bonchev–Trinajstić information content (AvgIpc) is 2.84. The first-order valence-corrected chi connectivity index (χ1v) is 5.98. The summed E-state index contributed by atoms with van der Waals surface area (Å²) < 4.78 is 1.94. The normalized spacial score (nSPS) is 11.1. The van der Waals surface area contributed by atoms with Crippen LogP contribution in [0, 0.1) is 0 Å². The highest BCUT2D eigenvalue weighted by Crippen LogP contribution is 2.29. The van der Waals surface area contributed by atoms with Crippen molar-refractivity contribution in [2.24, 2.45) is 0 Å². The summed E-state index contributed by atoms with van der Waals surface area (Å²) in [6.07, 6.45) is 1.78. The minimum absolute atomic E-state index is 0.515. The summed E-state index contributed by atoms with van der Waals surface area (Å²) in [5.41, 5.74) is 7.95. The maximum atomic E-state index is 5.86. The van der Waals surface area contributed by atoms with Crippen LogP contribution in [0.25, 0.3) is 16.1 Å². The average molecular weight is 250 g/mol. The van der Waals surface area contributed by atoms with Crippen molar-refractivity contribution in [1.29, 1.82) is 0 Å². The molecule has 0 atom stereocenters. The van der Waals surface area contributed by atoms with Crippen LogP contribution in [-0.4, -0.2) is 9.38 Å². The molecular formula is C11H8ClN3S. The third kappa shape index (κ3) is 1.38. The van der Waals surface area contributed by atoms with Gasteiger partial charge in [-0.2, -0.15) is 0 Å². The van der Waals surface area contributed by atoms with E-state index in [1.165, 1.54) is 0 Å². The quantitative estimate of drug-likeness (QED) is 0.719. The van der Waals surface area contributed by atoms with Gasteiger partial charge in [-0.25, -0.2) is 4.98 Å². The molecule has 0 aliphatic rings. The number of nitrogens with two attached hydrogens (primary N) is 1. The Hall–Kier alpha value is -1.52. The first kappa shape index (κ1) is 9.69. The predicted molar refractivity (Wildman–Crippen MR) is 67.9 cm³/mol. The van der Waals surface area contributed by atoms with Gasteiger partial charge in [0.2, 0.25) is 5.95 Å². The van der Waals surface area contributed by atoms with Gasteiger partial charge >= 0.3 is 0 Å². The zero-order valence-corrected chi connectivity index (χ0v) is 9.79. The number of anilines is 1. The SMILES string of the molecule is Nc1ncc2scc(-c3ccc(Cl)cc3)n12. The number of halogens is 1. The van der Waals surface area contributed by atoms with Gasteiger partial charge in [-0.3, -0.25) is 4.40 Å². The highest BCUT2D eigenvalue weighted by molar-refractivity contribution is 7.16. The molecule has 5 heteroatoms. The van der Waals surface area contributed by atoms with Gasteiger partial charge in [0.25, 0.3) is 0 Å². The van der Waals surface area contributed by atoms with Crippen LogP contribution in [0.15, 0.2) is 35.8 Å². The molecule has 2 heterocycles. The lowest BCUT2D eigenvalue weighted by Gasteiger charge is -2.01. The van der Waals surface area contributed by atoms with Crippen molar-refractivity contribution >= 4 is 33.7 Å². The number of hydrogen-bond acceptors (Lipinski definition) is 3.